The van der Waals surface area contributed by atoms with E-state index in [9.17, 15) is 14.7 Å². The number of hydrogen-bond acceptors (Lipinski definition) is 11. The van der Waals surface area contributed by atoms with Gasteiger partial charge in [0.05, 0.1) is 32.8 Å². The molecule has 2 aromatic rings. The number of hydrogen-bond donors (Lipinski definition) is 5. The van der Waals surface area contributed by atoms with Crippen LogP contribution in [0.2, 0.25) is 0 Å². The van der Waals surface area contributed by atoms with Crippen LogP contribution in [0.3, 0.4) is 0 Å². The van der Waals surface area contributed by atoms with Gasteiger partial charge < -0.3 is 50.5 Å². The van der Waals surface area contributed by atoms with Gasteiger partial charge in [-0.2, -0.15) is 0 Å². The second-order valence-corrected chi connectivity index (χ2v) is 11.8. The number of benzene rings is 2. The molecule has 1 saturated heterocycles. The molecule has 0 saturated carbocycles. The standard InChI is InChI=1S/C33H46N4O8/c1-41-26-14-20(15-27(42-2)32(26)39)29-21-16-24-25(45-19-44-24)17-22(21)31(23-18-43-33(40)30(23)29)37-28(38)8-3-5-10-35-12-7-13-36-11-6-4-9-34/h14-17,23,29-31,35-36,39H,3-13,18-19,34H2,1-2H3,(H,37,38). The van der Waals surface area contributed by atoms with Crippen LogP contribution >= 0.6 is 0 Å². The van der Waals surface area contributed by atoms with E-state index in [4.69, 9.17) is 29.4 Å². The fourth-order valence-electron chi connectivity index (χ4n) is 6.60. The summed E-state index contributed by atoms with van der Waals surface area (Å²) in [5.74, 6) is -0.263. The second-order valence-electron chi connectivity index (χ2n) is 11.8. The number of unbranched alkanes of at least 4 members (excludes halogenated alkanes) is 2. The van der Waals surface area contributed by atoms with Crippen LogP contribution in [0.15, 0.2) is 24.3 Å². The molecule has 0 radical (unpaired) electrons. The van der Waals surface area contributed by atoms with Crippen molar-refractivity contribution >= 4 is 11.9 Å². The fraction of sp³-hybridized carbons (Fsp3) is 0.576. The van der Waals surface area contributed by atoms with Crippen molar-refractivity contribution < 1.29 is 38.4 Å². The van der Waals surface area contributed by atoms with Crippen molar-refractivity contribution in [1.29, 1.82) is 0 Å². The monoisotopic (exact) mass is 626 g/mol. The second kappa shape index (κ2) is 15.5. The molecule has 246 valence electrons. The van der Waals surface area contributed by atoms with Gasteiger partial charge in [-0.3, -0.25) is 9.59 Å². The molecule has 6 N–H and O–H groups in total. The van der Waals surface area contributed by atoms with E-state index < -0.39 is 17.9 Å². The molecule has 1 aliphatic carbocycles. The SMILES string of the molecule is COc1cc(C2c3cc4c(cc3C(NC(=O)CCCCNCCCNCCCCN)C3COC(=O)C23)OCO4)cc(OC)c1O. The number of nitrogens with one attached hydrogen (secondary N) is 3. The predicted octanol–water partition coefficient (Wildman–Crippen LogP) is 2.71. The van der Waals surface area contributed by atoms with Crippen molar-refractivity contribution in [3.63, 3.8) is 0 Å². The number of methoxy groups -OCH3 is 2. The Morgan fingerprint density at radius 1 is 0.889 bits per heavy atom. The summed E-state index contributed by atoms with van der Waals surface area (Å²) < 4.78 is 27.9. The fourth-order valence-corrected chi connectivity index (χ4v) is 6.60. The third kappa shape index (κ3) is 7.40. The lowest BCUT2D eigenvalue weighted by Gasteiger charge is -2.39. The first kappa shape index (κ1) is 32.6. The average Bonchev–Trinajstić information content (AvgIpc) is 3.67. The Hall–Kier alpha value is -3.74. The van der Waals surface area contributed by atoms with Crippen LogP contribution in [0, 0.1) is 11.8 Å². The molecule has 2 aliphatic heterocycles. The molecule has 4 unspecified atom stereocenters. The van der Waals surface area contributed by atoms with Gasteiger partial charge in [0.15, 0.2) is 23.0 Å². The maximum Gasteiger partial charge on any atom is 0.310 e. The van der Waals surface area contributed by atoms with Gasteiger partial charge in [-0.05, 0) is 106 Å². The molecule has 2 aromatic carbocycles. The van der Waals surface area contributed by atoms with Crippen molar-refractivity contribution in [2.45, 2.75) is 50.5 Å². The van der Waals surface area contributed by atoms with Crippen LogP contribution in [-0.4, -0.2) is 77.3 Å². The van der Waals surface area contributed by atoms with E-state index in [2.05, 4.69) is 16.0 Å². The van der Waals surface area contributed by atoms with Crippen LogP contribution in [-0.2, 0) is 14.3 Å². The van der Waals surface area contributed by atoms with Gasteiger partial charge in [0.25, 0.3) is 0 Å². The summed E-state index contributed by atoms with van der Waals surface area (Å²) in [6, 6.07) is 6.77. The van der Waals surface area contributed by atoms with Gasteiger partial charge in [-0.1, -0.05) is 0 Å². The number of esters is 1. The molecule has 45 heavy (non-hydrogen) atoms. The molecule has 0 bridgehead atoms. The minimum absolute atomic E-state index is 0.0742. The molecular formula is C33H46N4O8. The van der Waals surface area contributed by atoms with E-state index in [1.54, 1.807) is 12.1 Å². The van der Waals surface area contributed by atoms with Crippen LogP contribution in [0.5, 0.6) is 28.7 Å². The Kier molecular flexibility index (Phi) is 11.2. The summed E-state index contributed by atoms with van der Waals surface area (Å²) in [5, 5.41) is 20.7. The third-order valence-corrected chi connectivity index (χ3v) is 8.89. The summed E-state index contributed by atoms with van der Waals surface area (Å²) in [5.41, 5.74) is 7.90. The highest BCUT2D eigenvalue weighted by Crippen LogP contribution is 2.55. The Balaban J connectivity index is 1.27. The van der Waals surface area contributed by atoms with Crippen molar-refractivity contribution in [1.82, 2.24) is 16.0 Å². The number of phenolic OH excluding ortho intramolecular Hbond substituents is 1. The first-order valence-electron chi connectivity index (χ1n) is 15.9. The normalized spacial score (nSPS) is 21.2. The smallest absolute Gasteiger partial charge is 0.310 e. The minimum atomic E-state index is -0.582. The summed E-state index contributed by atoms with van der Waals surface area (Å²) in [4.78, 5) is 26.6. The van der Waals surface area contributed by atoms with E-state index in [1.165, 1.54) is 14.2 Å². The van der Waals surface area contributed by atoms with Gasteiger partial charge >= 0.3 is 5.97 Å². The first-order valence-corrected chi connectivity index (χ1v) is 15.9. The molecule has 4 atom stereocenters. The van der Waals surface area contributed by atoms with Crippen LogP contribution < -0.4 is 40.6 Å². The molecule has 3 aliphatic rings. The molecular weight excluding hydrogens is 580 g/mol. The summed E-state index contributed by atoms with van der Waals surface area (Å²) in [6.07, 6.45) is 5.22. The number of ether oxygens (including phenoxy) is 5. The maximum absolute atomic E-state index is 13.3. The van der Waals surface area contributed by atoms with Crippen LogP contribution in [0.25, 0.3) is 0 Å². The maximum atomic E-state index is 13.3. The lowest BCUT2D eigenvalue weighted by Crippen LogP contribution is -2.42. The molecule has 1 amide bonds. The Labute approximate surface area is 264 Å². The highest BCUT2D eigenvalue weighted by molar-refractivity contribution is 5.81. The highest BCUT2D eigenvalue weighted by Gasteiger charge is 2.53. The number of cyclic esters (lactones) is 1. The van der Waals surface area contributed by atoms with Crippen molar-refractivity contribution in [3.05, 3.63) is 41.0 Å². The first-order chi connectivity index (χ1) is 22.0. The quantitative estimate of drug-likeness (QED) is 0.130. The zero-order valence-corrected chi connectivity index (χ0v) is 26.2. The highest BCUT2D eigenvalue weighted by atomic mass is 16.7. The van der Waals surface area contributed by atoms with Gasteiger partial charge in [0.2, 0.25) is 18.4 Å². The number of fused-ring (bicyclic) bond motifs is 3. The molecule has 1 fully saturated rings. The number of phenols is 1. The van der Waals surface area contributed by atoms with Crippen LogP contribution in [0.4, 0.5) is 0 Å². The van der Waals surface area contributed by atoms with Gasteiger partial charge in [0.1, 0.15) is 0 Å². The Morgan fingerprint density at radius 2 is 1.51 bits per heavy atom. The Morgan fingerprint density at radius 3 is 2.16 bits per heavy atom. The lowest BCUT2D eigenvalue weighted by atomic mass is 9.65. The van der Waals surface area contributed by atoms with E-state index in [-0.39, 0.29) is 48.4 Å². The minimum Gasteiger partial charge on any atom is -0.502 e. The topological polar surface area (TPSA) is 163 Å². The largest absolute Gasteiger partial charge is 0.502 e. The predicted molar refractivity (Wildman–Crippen MR) is 167 cm³/mol. The van der Waals surface area contributed by atoms with Gasteiger partial charge in [-0.15, -0.1) is 0 Å². The van der Waals surface area contributed by atoms with E-state index in [0.29, 0.717) is 17.9 Å². The number of nitrogens with two attached hydrogens (primary N) is 1. The van der Waals surface area contributed by atoms with Crippen molar-refractivity contribution in [3.8, 4) is 28.7 Å². The number of amides is 1. The molecule has 12 heteroatoms. The molecule has 2 heterocycles. The average molecular weight is 627 g/mol. The summed E-state index contributed by atoms with van der Waals surface area (Å²) >= 11 is 0. The lowest BCUT2D eigenvalue weighted by molar-refractivity contribution is -0.141. The van der Waals surface area contributed by atoms with Crippen LogP contribution in [0.1, 0.15) is 67.2 Å². The van der Waals surface area contributed by atoms with E-state index >= 15 is 0 Å². The molecule has 5 rings (SSSR count). The zero-order valence-electron chi connectivity index (χ0n) is 26.2. The van der Waals surface area contributed by atoms with Gasteiger partial charge in [0, 0.05) is 18.3 Å². The van der Waals surface area contributed by atoms with Gasteiger partial charge in [-0.25, -0.2) is 0 Å². The summed E-state index contributed by atoms with van der Waals surface area (Å²) in [7, 11) is 2.92. The Bertz CT molecular complexity index is 1310. The molecule has 12 nitrogen and oxygen atoms in total. The van der Waals surface area contributed by atoms with Crippen molar-refractivity contribution in [2.24, 2.45) is 17.6 Å². The van der Waals surface area contributed by atoms with E-state index in [1.807, 2.05) is 12.1 Å². The van der Waals surface area contributed by atoms with E-state index in [0.717, 1.165) is 81.5 Å². The number of aromatic hydroxyl groups is 1. The van der Waals surface area contributed by atoms with Crippen molar-refractivity contribution in [2.75, 3.05) is 60.3 Å². The number of carbonyl (C=O) groups excluding carboxylic acids is 2. The third-order valence-electron chi connectivity index (χ3n) is 8.89. The molecule has 0 spiro atoms. The number of rotatable bonds is 17. The zero-order chi connectivity index (χ0) is 31.8. The summed E-state index contributed by atoms with van der Waals surface area (Å²) in [6.45, 7) is 4.78. The number of carbonyl (C=O) groups is 2. The molecule has 0 aromatic heterocycles.